The largest absolute Gasteiger partial charge is 0.477 e. The van der Waals surface area contributed by atoms with Crippen molar-refractivity contribution in [1.29, 1.82) is 0 Å². The van der Waals surface area contributed by atoms with Gasteiger partial charge in [-0.2, -0.15) is 0 Å². The van der Waals surface area contributed by atoms with E-state index in [1.165, 1.54) is 88.4 Å². The highest BCUT2D eigenvalue weighted by molar-refractivity contribution is 5.90. The molecular weight excluding hydrogens is 753 g/mol. The average molecular weight is 819 g/mol. The molecule has 6 aliphatic carbocycles. The molecule has 4 saturated carbocycles. The second-order valence-electron chi connectivity index (χ2n) is 20.9. The van der Waals surface area contributed by atoms with Crippen molar-refractivity contribution in [1.82, 2.24) is 9.80 Å². The first-order valence-corrected chi connectivity index (χ1v) is 24.4. The van der Waals surface area contributed by atoms with Crippen LogP contribution >= 0.6 is 0 Å². The summed E-state index contributed by atoms with van der Waals surface area (Å²) in [6, 6.07) is 11.1. The number of rotatable bonds is 15. The number of nitrogens with zero attached hydrogens (tertiary/aromatic N) is 2. The van der Waals surface area contributed by atoms with E-state index in [1.54, 1.807) is 0 Å². The summed E-state index contributed by atoms with van der Waals surface area (Å²) in [5, 5.41) is 12.5. The number of carbonyl (C=O) groups is 3. The van der Waals surface area contributed by atoms with Crippen LogP contribution < -0.4 is 14.2 Å². The molecule has 11 rings (SSSR count). The normalized spacial score (nSPS) is 33.9. The van der Waals surface area contributed by atoms with E-state index in [-0.39, 0.29) is 29.2 Å². The van der Waals surface area contributed by atoms with Crippen LogP contribution in [0.4, 0.5) is 0 Å². The summed E-state index contributed by atoms with van der Waals surface area (Å²) < 4.78 is 18.4. The minimum atomic E-state index is -1.03. The number of esters is 2. The van der Waals surface area contributed by atoms with Gasteiger partial charge >= 0.3 is 11.9 Å². The van der Waals surface area contributed by atoms with Crippen molar-refractivity contribution in [3.63, 3.8) is 0 Å². The highest BCUT2D eigenvalue weighted by Gasteiger charge is 2.73. The minimum Gasteiger partial charge on any atom is -0.477 e. The van der Waals surface area contributed by atoms with E-state index in [4.69, 9.17) is 14.2 Å². The van der Waals surface area contributed by atoms with Gasteiger partial charge in [0.2, 0.25) is 0 Å². The quantitative estimate of drug-likeness (QED) is 0.108. The lowest BCUT2D eigenvalue weighted by Crippen LogP contribution is -2.76. The van der Waals surface area contributed by atoms with E-state index in [1.807, 2.05) is 18.2 Å². The van der Waals surface area contributed by atoms with Crippen molar-refractivity contribution < 1.29 is 33.7 Å². The van der Waals surface area contributed by atoms with Gasteiger partial charge < -0.3 is 19.3 Å². The molecule has 1 spiro atoms. The van der Waals surface area contributed by atoms with Crippen molar-refractivity contribution in [3.8, 4) is 17.2 Å². The maximum Gasteiger partial charge on any atom is 0.311 e. The molecule has 0 amide bonds. The Balaban J connectivity index is 0.637. The summed E-state index contributed by atoms with van der Waals surface area (Å²) in [5.41, 5.74) is 3.47. The van der Waals surface area contributed by atoms with Gasteiger partial charge in [-0.05, 0) is 149 Å². The molecule has 9 aliphatic rings. The molecule has 2 saturated heterocycles. The first-order valence-electron chi connectivity index (χ1n) is 24.4. The first-order chi connectivity index (χ1) is 29.3. The predicted octanol–water partition coefficient (Wildman–Crippen LogP) is 8.31. The van der Waals surface area contributed by atoms with Crippen LogP contribution in [0.25, 0.3) is 0 Å². The molecule has 2 aromatic carbocycles. The van der Waals surface area contributed by atoms with Crippen LogP contribution in [0.2, 0.25) is 0 Å². The Morgan fingerprint density at radius 2 is 1.48 bits per heavy atom. The maximum atomic E-state index is 13.4. The number of fused-ring (bicyclic) bond motifs is 1. The number of ketones is 1. The Morgan fingerprint density at radius 3 is 2.27 bits per heavy atom. The van der Waals surface area contributed by atoms with Crippen molar-refractivity contribution >= 4 is 17.7 Å². The van der Waals surface area contributed by atoms with E-state index in [0.717, 1.165) is 99.1 Å². The molecule has 6 fully saturated rings. The molecule has 0 radical (unpaired) electrons. The van der Waals surface area contributed by atoms with Gasteiger partial charge in [0, 0.05) is 55.4 Å². The Bertz CT molecular complexity index is 2030. The van der Waals surface area contributed by atoms with E-state index in [2.05, 4.69) is 21.9 Å². The summed E-state index contributed by atoms with van der Waals surface area (Å²) >= 11 is 0. The number of piperidine rings is 2. The SMILES string of the molecule is O=C(CCCCCCCCC(=O)Oc1ccc2c3c1O[C@H]1C(=O)CC[C@@]4(O)[C@@H](C2)N(CC2CC2)CC[C@]314)Oc1ccc2c(c1)[C@@]13CCCCC1[C@@H](C2)N(CC1CCC1)CC3. The molecule has 0 aromatic heterocycles. The fraction of sp³-hybridized carbons (Fsp3) is 0.706. The molecule has 2 aromatic rings. The molecule has 3 aliphatic heterocycles. The fourth-order valence-corrected chi connectivity index (χ4v) is 14.3. The summed E-state index contributed by atoms with van der Waals surface area (Å²) in [6.07, 6.45) is 22.0. The topological polar surface area (TPSA) is 106 Å². The van der Waals surface area contributed by atoms with Crippen LogP contribution in [0.1, 0.15) is 157 Å². The molecular formula is C51H66N2O7. The van der Waals surface area contributed by atoms with Crippen molar-refractivity contribution in [2.24, 2.45) is 17.8 Å². The number of ether oxygens (including phenoxy) is 3. The standard InChI is InChI=1S/C51H66N2O7/c54-41-21-23-51(57)43-29-36-18-20-42(47-46(36)50(51,48(41)60-47)25-27-53(43)32-34-15-16-34)59-45(56)14-6-4-2-1-3-5-13-44(55)58-37-19-17-35-28-40-38-12-7-8-22-49(38,39(35)30-37)24-26-52(40)31-33-10-9-11-33/h17-20,30,33-34,38,40,43,48,57H,1-16,21-29,31-32H2/t38?,40-,43-,48+,49-,50+,51-/m1/s1. The Kier molecular flexibility index (Phi) is 10.2. The third-order valence-electron chi connectivity index (χ3n) is 17.7. The molecule has 4 bridgehead atoms. The van der Waals surface area contributed by atoms with Gasteiger partial charge in [0.25, 0.3) is 0 Å². The van der Waals surface area contributed by atoms with Crippen LogP contribution in [0.5, 0.6) is 17.2 Å². The number of benzene rings is 2. The lowest BCUT2D eigenvalue weighted by atomic mass is 9.49. The molecule has 322 valence electrons. The zero-order chi connectivity index (χ0) is 40.6. The zero-order valence-corrected chi connectivity index (χ0v) is 35.7. The maximum absolute atomic E-state index is 13.4. The van der Waals surface area contributed by atoms with Gasteiger partial charge in [0.05, 0.1) is 11.0 Å². The van der Waals surface area contributed by atoms with Gasteiger partial charge in [0.15, 0.2) is 23.4 Å². The predicted molar refractivity (Wildman–Crippen MR) is 227 cm³/mol. The van der Waals surface area contributed by atoms with E-state index in [0.29, 0.717) is 49.6 Å². The van der Waals surface area contributed by atoms with Crippen molar-refractivity contribution in [2.75, 3.05) is 26.2 Å². The molecule has 1 unspecified atom stereocenters. The first kappa shape index (κ1) is 39.6. The van der Waals surface area contributed by atoms with E-state index in [9.17, 15) is 19.5 Å². The van der Waals surface area contributed by atoms with Crippen molar-refractivity contribution in [3.05, 3.63) is 52.6 Å². The number of likely N-dealkylation sites (tertiary alicyclic amines) is 2. The third-order valence-corrected chi connectivity index (χ3v) is 17.7. The number of unbranched alkanes of at least 4 members (excludes halogenated alkanes) is 5. The van der Waals surface area contributed by atoms with Gasteiger partial charge in [-0.3, -0.25) is 24.2 Å². The molecule has 9 heteroatoms. The highest BCUT2D eigenvalue weighted by Crippen LogP contribution is 2.65. The van der Waals surface area contributed by atoms with E-state index >= 15 is 0 Å². The summed E-state index contributed by atoms with van der Waals surface area (Å²) in [6.45, 7) is 4.38. The van der Waals surface area contributed by atoms with Crippen LogP contribution in [0.3, 0.4) is 0 Å². The average Bonchev–Trinajstić information content (AvgIpc) is 3.97. The number of hydrogen-bond acceptors (Lipinski definition) is 9. The Hall–Kier alpha value is -3.27. The van der Waals surface area contributed by atoms with Gasteiger partial charge in [-0.15, -0.1) is 0 Å². The molecule has 7 atom stereocenters. The molecule has 1 N–H and O–H groups in total. The van der Waals surface area contributed by atoms with E-state index < -0.39 is 17.1 Å². The highest BCUT2D eigenvalue weighted by atomic mass is 16.6. The lowest BCUT2D eigenvalue weighted by Gasteiger charge is -2.62. The number of hydrogen-bond donors (Lipinski definition) is 1. The van der Waals surface area contributed by atoms with Crippen LogP contribution in [-0.4, -0.2) is 82.6 Å². The monoisotopic (exact) mass is 818 g/mol. The third kappa shape index (κ3) is 6.52. The number of carbonyl (C=O) groups excluding carboxylic acids is 3. The second kappa shape index (κ2) is 15.5. The number of Topliss-reactive ketones (excluding diaryl/α,β-unsaturated/α-hetero) is 1. The van der Waals surface area contributed by atoms with Crippen LogP contribution in [0, 0.1) is 17.8 Å². The molecule has 9 nitrogen and oxygen atoms in total. The van der Waals surface area contributed by atoms with Crippen LogP contribution in [0.15, 0.2) is 30.3 Å². The lowest BCUT2D eigenvalue weighted by molar-refractivity contribution is -0.188. The Labute approximate surface area is 356 Å². The second-order valence-corrected chi connectivity index (χ2v) is 20.9. The van der Waals surface area contributed by atoms with Gasteiger partial charge in [-0.1, -0.05) is 57.1 Å². The molecule has 3 heterocycles. The van der Waals surface area contributed by atoms with Crippen molar-refractivity contribution in [2.45, 2.75) is 182 Å². The summed E-state index contributed by atoms with van der Waals surface area (Å²) in [5.74, 6) is 3.59. The smallest absolute Gasteiger partial charge is 0.311 e. The number of aliphatic hydroxyl groups is 1. The van der Waals surface area contributed by atoms with Gasteiger partial charge in [-0.25, -0.2) is 0 Å². The minimum absolute atomic E-state index is 0.0246. The fourth-order valence-electron chi connectivity index (χ4n) is 14.3. The Morgan fingerprint density at radius 1 is 0.750 bits per heavy atom. The summed E-state index contributed by atoms with van der Waals surface area (Å²) in [7, 11) is 0. The zero-order valence-electron chi connectivity index (χ0n) is 35.7. The summed E-state index contributed by atoms with van der Waals surface area (Å²) in [4.78, 5) is 44.9. The van der Waals surface area contributed by atoms with Gasteiger partial charge in [0.1, 0.15) is 5.75 Å². The molecule has 60 heavy (non-hydrogen) atoms. The van der Waals surface area contributed by atoms with Crippen LogP contribution in [-0.2, 0) is 38.1 Å².